The maximum absolute atomic E-state index is 13.4. The monoisotopic (exact) mass is 499 g/mol. The molecule has 0 aliphatic carbocycles. The Morgan fingerprint density at radius 1 is 1.11 bits per heavy atom. The molecule has 11 heteroatoms. The summed E-state index contributed by atoms with van der Waals surface area (Å²) in [6, 6.07) is 12.7. The normalized spacial score (nSPS) is 14.0. The maximum atomic E-state index is 13.4. The Labute approximate surface area is 206 Å². The van der Waals surface area contributed by atoms with E-state index in [0.717, 1.165) is 25.2 Å². The van der Waals surface area contributed by atoms with Gasteiger partial charge < -0.3 is 19.4 Å². The smallest absolute Gasteiger partial charge is 0.337 e. The van der Waals surface area contributed by atoms with Gasteiger partial charge in [-0.05, 0) is 42.5 Å². The van der Waals surface area contributed by atoms with Crippen LogP contribution in [0, 0.1) is 5.82 Å². The van der Waals surface area contributed by atoms with E-state index in [1.54, 1.807) is 36.4 Å². The van der Waals surface area contributed by atoms with Crippen molar-refractivity contribution < 1.29 is 23.5 Å². The van der Waals surface area contributed by atoms with E-state index < -0.39 is 5.97 Å². The van der Waals surface area contributed by atoms with Gasteiger partial charge >= 0.3 is 5.97 Å². The van der Waals surface area contributed by atoms with Gasteiger partial charge in [0.2, 0.25) is 5.91 Å². The van der Waals surface area contributed by atoms with Crippen LogP contribution in [-0.2, 0) is 20.8 Å². The lowest BCUT2D eigenvalue weighted by atomic mass is 10.2. The van der Waals surface area contributed by atoms with Gasteiger partial charge in [0.1, 0.15) is 5.82 Å². The van der Waals surface area contributed by atoms with E-state index in [1.807, 2.05) is 4.57 Å². The minimum atomic E-state index is -0.475. The molecule has 1 amide bonds. The molecule has 1 aliphatic rings. The lowest BCUT2D eigenvalue weighted by molar-refractivity contribution is -0.113. The number of rotatable bonds is 9. The Bertz CT molecular complexity index is 1160. The van der Waals surface area contributed by atoms with Gasteiger partial charge in [0.15, 0.2) is 11.0 Å². The molecule has 1 aliphatic heterocycles. The molecule has 0 saturated carbocycles. The molecule has 1 fully saturated rings. The van der Waals surface area contributed by atoms with Gasteiger partial charge in [-0.15, -0.1) is 10.2 Å². The number of amides is 1. The number of nitrogens with one attached hydrogen (secondary N) is 1. The van der Waals surface area contributed by atoms with Crippen LogP contribution in [0.1, 0.15) is 10.4 Å². The number of morpholine rings is 1. The molecule has 184 valence electrons. The lowest BCUT2D eigenvalue weighted by Crippen LogP contribution is -2.38. The van der Waals surface area contributed by atoms with Crippen molar-refractivity contribution in [3.63, 3.8) is 0 Å². The van der Waals surface area contributed by atoms with Gasteiger partial charge in [-0.2, -0.15) is 0 Å². The van der Waals surface area contributed by atoms with E-state index in [2.05, 4.69) is 20.4 Å². The molecule has 2 heterocycles. The zero-order valence-electron chi connectivity index (χ0n) is 19.3. The SMILES string of the molecule is COC(=O)c1cccc(NC(=O)CSc2nnc(-c3ccc(F)cc3)n2CCN2CCOCC2)c1. The number of benzene rings is 2. The quantitative estimate of drug-likeness (QED) is 0.355. The summed E-state index contributed by atoms with van der Waals surface area (Å²) in [5.74, 6) is -0.329. The van der Waals surface area contributed by atoms with Crippen molar-refractivity contribution in [1.82, 2.24) is 19.7 Å². The highest BCUT2D eigenvalue weighted by molar-refractivity contribution is 7.99. The summed E-state index contributed by atoms with van der Waals surface area (Å²) in [4.78, 5) is 26.6. The lowest BCUT2D eigenvalue weighted by Gasteiger charge is -2.27. The third kappa shape index (κ3) is 6.65. The molecule has 2 aromatic carbocycles. The summed E-state index contributed by atoms with van der Waals surface area (Å²) in [5.41, 5.74) is 1.60. The van der Waals surface area contributed by atoms with Crippen LogP contribution in [0.4, 0.5) is 10.1 Å². The molecule has 0 spiro atoms. The number of ether oxygens (including phenoxy) is 2. The van der Waals surface area contributed by atoms with Gasteiger partial charge in [-0.1, -0.05) is 17.8 Å². The van der Waals surface area contributed by atoms with Crippen LogP contribution in [0.15, 0.2) is 53.7 Å². The number of hydrogen-bond acceptors (Lipinski definition) is 8. The number of aromatic nitrogens is 3. The predicted molar refractivity (Wildman–Crippen MR) is 130 cm³/mol. The third-order valence-corrected chi connectivity index (χ3v) is 6.43. The minimum Gasteiger partial charge on any atom is -0.465 e. The Hall–Kier alpha value is -3.28. The van der Waals surface area contributed by atoms with Crippen LogP contribution in [-0.4, -0.2) is 77.3 Å². The van der Waals surface area contributed by atoms with Crippen LogP contribution in [0.2, 0.25) is 0 Å². The summed E-state index contributed by atoms with van der Waals surface area (Å²) in [6.45, 7) is 4.49. The van der Waals surface area contributed by atoms with Crippen LogP contribution in [0.25, 0.3) is 11.4 Å². The van der Waals surface area contributed by atoms with E-state index >= 15 is 0 Å². The second kappa shape index (κ2) is 11.9. The fourth-order valence-corrected chi connectivity index (χ4v) is 4.41. The van der Waals surface area contributed by atoms with Crippen molar-refractivity contribution in [3.8, 4) is 11.4 Å². The second-order valence-corrected chi connectivity index (χ2v) is 8.77. The Kier molecular flexibility index (Phi) is 8.45. The van der Waals surface area contributed by atoms with Gasteiger partial charge in [0.25, 0.3) is 0 Å². The zero-order chi connectivity index (χ0) is 24.6. The largest absolute Gasteiger partial charge is 0.465 e. The van der Waals surface area contributed by atoms with Crippen molar-refractivity contribution in [1.29, 1.82) is 0 Å². The Morgan fingerprint density at radius 3 is 2.63 bits per heavy atom. The number of carbonyl (C=O) groups is 2. The molecule has 9 nitrogen and oxygen atoms in total. The number of esters is 1. The number of hydrogen-bond donors (Lipinski definition) is 1. The molecule has 1 N–H and O–H groups in total. The fraction of sp³-hybridized carbons (Fsp3) is 0.333. The van der Waals surface area contributed by atoms with E-state index in [1.165, 1.54) is 31.0 Å². The average Bonchev–Trinajstić information content (AvgIpc) is 3.29. The first-order valence-corrected chi connectivity index (χ1v) is 12.1. The highest BCUT2D eigenvalue weighted by atomic mass is 32.2. The first-order valence-electron chi connectivity index (χ1n) is 11.1. The second-order valence-electron chi connectivity index (χ2n) is 7.83. The van der Waals surface area contributed by atoms with Crippen molar-refractivity contribution in [2.75, 3.05) is 51.0 Å². The van der Waals surface area contributed by atoms with Crippen molar-refractivity contribution in [3.05, 3.63) is 59.9 Å². The van der Waals surface area contributed by atoms with Crippen molar-refractivity contribution in [2.45, 2.75) is 11.7 Å². The molecule has 35 heavy (non-hydrogen) atoms. The highest BCUT2D eigenvalue weighted by Gasteiger charge is 2.18. The molecule has 0 unspecified atom stereocenters. The topological polar surface area (TPSA) is 98.6 Å². The van der Waals surface area contributed by atoms with Crippen LogP contribution < -0.4 is 5.32 Å². The average molecular weight is 500 g/mol. The molecule has 0 bridgehead atoms. The van der Waals surface area contributed by atoms with Crippen LogP contribution in [0.5, 0.6) is 0 Å². The standard InChI is InChI=1S/C24H26FN5O4S/c1-33-23(32)18-3-2-4-20(15-18)26-21(31)16-35-24-28-27-22(17-5-7-19(25)8-6-17)30(24)10-9-29-11-13-34-14-12-29/h2-8,15H,9-14,16H2,1H3,(H,26,31). The molecule has 1 aromatic heterocycles. The van der Waals surface area contributed by atoms with Crippen molar-refractivity contribution in [2.24, 2.45) is 0 Å². The molecular formula is C24H26FN5O4S. The first-order chi connectivity index (χ1) is 17.0. The van der Waals surface area contributed by atoms with E-state index in [0.29, 0.717) is 42.0 Å². The number of nitrogens with zero attached hydrogens (tertiary/aromatic N) is 4. The molecule has 4 rings (SSSR count). The van der Waals surface area contributed by atoms with Gasteiger partial charge in [-0.3, -0.25) is 9.69 Å². The van der Waals surface area contributed by atoms with E-state index in [-0.39, 0.29) is 17.5 Å². The van der Waals surface area contributed by atoms with Gasteiger partial charge in [-0.25, -0.2) is 9.18 Å². The molecule has 1 saturated heterocycles. The molecule has 0 atom stereocenters. The fourth-order valence-electron chi connectivity index (χ4n) is 3.64. The van der Waals surface area contributed by atoms with Gasteiger partial charge in [0, 0.05) is 37.4 Å². The summed E-state index contributed by atoms with van der Waals surface area (Å²) in [5, 5.41) is 12.0. The Morgan fingerprint density at radius 2 is 1.89 bits per heavy atom. The number of carbonyl (C=O) groups excluding carboxylic acids is 2. The first kappa shape index (κ1) is 24.8. The maximum Gasteiger partial charge on any atom is 0.337 e. The number of anilines is 1. The summed E-state index contributed by atoms with van der Waals surface area (Å²) in [6.07, 6.45) is 0. The summed E-state index contributed by atoms with van der Waals surface area (Å²) < 4.78 is 25.5. The number of halogens is 1. The predicted octanol–water partition coefficient (Wildman–Crippen LogP) is 2.93. The van der Waals surface area contributed by atoms with Gasteiger partial charge in [0.05, 0.1) is 31.6 Å². The van der Waals surface area contributed by atoms with Crippen LogP contribution in [0.3, 0.4) is 0 Å². The molecular weight excluding hydrogens is 473 g/mol. The van der Waals surface area contributed by atoms with E-state index in [4.69, 9.17) is 9.47 Å². The highest BCUT2D eigenvalue weighted by Crippen LogP contribution is 2.25. The number of methoxy groups -OCH3 is 1. The molecule has 0 radical (unpaired) electrons. The third-order valence-electron chi connectivity index (χ3n) is 5.46. The minimum absolute atomic E-state index is 0.0988. The Balaban J connectivity index is 1.45. The van der Waals surface area contributed by atoms with Crippen molar-refractivity contribution >= 4 is 29.3 Å². The summed E-state index contributed by atoms with van der Waals surface area (Å²) in [7, 11) is 1.31. The number of thioether (sulfide) groups is 1. The summed E-state index contributed by atoms with van der Waals surface area (Å²) >= 11 is 1.26. The van der Waals surface area contributed by atoms with E-state index in [9.17, 15) is 14.0 Å². The zero-order valence-corrected chi connectivity index (χ0v) is 20.1. The molecule has 3 aromatic rings. The van der Waals surface area contributed by atoms with Crippen LogP contribution >= 0.6 is 11.8 Å².